The Morgan fingerprint density at radius 3 is 2.18 bits per heavy atom. The number of rotatable bonds is 4. The molecule has 1 aliphatic carbocycles. The van der Waals surface area contributed by atoms with Crippen molar-refractivity contribution in [3.05, 3.63) is 142 Å². The Morgan fingerprint density at radius 2 is 1.51 bits per heavy atom. The summed E-state index contributed by atoms with van der Waals surface area (Å²) < 4.78 is 136. The number of nitrogens with zero attached hydrogens (tertiary/aromatic N) is 2. The number of hydrogen-bond donors (Lipinski definition) is 0. The number of hydrogen-bond acceptors (Lipinski definition) is 3. The Hall–Kier alpha value is -4.37. The Kier molecular flexibility index (Phi) is 7.07. The summed E-state index contributed by atoms with van der Waals surface area (Å²) in [6, 6.07) is 26.8. The molecule has 285 valence electrons. The molecule has 7 aromatic rings. The van der Waals surface area contributed by atoms with E-state index in [1.165, 1.54) is 36.0 Å². The van der Waals surface area contributed by atoms with Gasteiger partial charge in [0.05, 0.1) is 5.58 Å². The van der Waals surface area contributed by atoms with Crippen molar-refractivity contribution in [2.24, 2.45) is 5.41 Å². The van der Waals surface area contributed by atoms with Gasteiger partial charge in [0.15, 0.2) is 0 Å². The zero-order valence-corrected chi connectivity index (χ0v) is 34.0. The van der Waals surface area contributed by atoms with Gasteiger partial charge in [0, 0.05) is 59.8 Å². The molecule has 0 aliphatic heterocycles. The molecule has 0 spiro atoms. The average molecular weight is 919 g/mol. The molecule has 0 bridgehead atoms. The van der Waals surface area contributed by atoms with Crippen LogP contribution < -0.4 is 0 Å². The maximum atomic E-state index is 9.26. The van der Waals surface area contributed by atoms with Crippen molar-refractivity contribution in [1.29, 1.82) is 0 Å². The molecular formula is C51H54IrN2O-2. The molecule has 1 fully saturated rings. The number of pyridine rings is 2. The SMILES string of the molecule is [2H]C([2H])([2H])c1c[c-]c(-c2ccc(C(C)(C)C)cn2)cc1.[2H]C([2H])([2H])c1cc(C([2H])([2H])[2H])c2oc3c(-c4cc(-c5ccc(C6([2H])CCC(C)(C)CC6)cc5C([2H])([2H])[2H])c(C([2H])([2H])[2H])cn4)[c-]ccc3c2c1.[Ir]. The molecule has 0 atom stereocenters. The molecule has 3 nitrogen and oxygen atoms in total. The monoisotopic (exact) mass is 919 g/mol. The van der Waals surface area contributed by atoms with Crippen LogP contribution in [-0.4, -0.2) is 9.97 Å². The second kappa shape index (κ2) is 16.0. The topological polar surface area (TPSA) is 38.9 Å². The van der Waals surface area contributed by atoms with E-state index in [1.54, 1.807) is 36.4 Å². The van der Waals surface area contributed by atoms with Gasteiger partial charge in [0.1, 0.15) is 5.58 Å². The quantitative estimate of drug-likeness (QED) is 0.165. The first-order valence-electron chi connectivity index (χ1n) is 26.1. The van der Waals surface area contributed by atoms with E-state index in [9.17, 15) is 1.37 Å². The summed E-state index contributed by atoms with van der Waals surface area (Å²) in [4.78, 5) is 8.87. The van der Waals surface area contributed by atoms with Crippen molar-refractivity contribution in [3.63, 3.8) is 0 Å². The van der Waals surface area contributed by atoms with Crippen molar-refractivity contribution < 1.29 is 46.5 Å². The third kappa shape index (κ3) is 8.72. The predicted octanol–water partition coefficient (Wildman–Crippen LogP) is 14.2. The van der Waals surface area contributed by atoms with Crippen molar-refractivity contribution in [2.45, 2.75) is 106 Å². The Balaban J connectivity index is 0.000000329. The van der Waals surface area contributed by atoms with E-state index in [4.69, 9.17) is 25.0 Å². The number of aryl methyl sites for hydroxylation is 5. The zero-order chi connectivity index (χ0) is 51.8. The van der Waals surface area contributed by atoms with E-state index in [0.29, 0.717) is 29.4 Å². The van der Waals surface area contributed by atoms with E-state index in [1.807, 2.05) is 18.3 Å². The molecule has 0 amide bonds. The number of aromatic nitrogens is 2. The fourth-order valence-electron chi connectivity index (χ4n) is 6.95. The van der Waals surface area contributed by atoms with Crippen LogP contribution in [0.15, 0.2) is 95.7 Å². The first-order chi connectivity index (χ1) is 32.1. The first-order valence-corrected chi connectivity index (χ1v) is 18.1. The summed E-state index contributed by atoms with van der Waals surface area (Å²) in [5, 5.41) is 0.669. The van der Waals surface area contributed by atoms with E-state index in [0.717, 1.165) is 30.2 Å². The largest absolute Gasteiger partial charge is 0.500 e. The van der Waals surface area contributed by atoms with Gasteiger partial charge in [-0.15, -0.1) is 53.6 Å². The van der Waals surface area contributed by atoms with E-state index in [2.05, 4.69) is 56.7 Å². The molecule has 0 unspecified atom stereocenters. The van der Waals surface area contributed by atoms with Gasteiger partial charge in [-0.25, -0.2) is 0 Å². The normalized spacial score (nSPS) is 20.4. The minimum atomic E-state index is -2.70. The molecule has 0 N–H and O–H groups in total. The summed E-state index contributed by atoms with van der Waals surface area (Å²) in [5.41, 5.74) is 3.90. The third-order valence-electron chi connectivity index (χ3n) is 10.3. The van der Waals surface area contributed by atoms with E-state index < -0.39 is 40.2 Å². The van der Waals surface area contributed by atoms with Gasteiger partial charge in [-0.2, -0.15) is 0 Å². The molecule has 1 saturated carbocycles. The maximum Gasteiger partial charge on any atom is 0.123 e. The van der Waals surface area contributed by atoms with Gasteiger partial charge in [-0.05, 0) is 126 Å². The second-order valence-corrected chi connectivity index (χ2v) is 15.9. The summed E-state index contributed by atoms with van der Waals surface area (Å²) in [6.45, 7) is -1.97. The number of benzene rings is 4. The molecule has 3 aromatic heterocycles. The molecule has 3 heterocycles. The third-order valence-corrected chi connectivity index (χ3v) is 10.3. The van der Waals surface area contributed by atoms with Crippen LogP contribution in [0.4, 0.5) is 0 Å². The van der Waals surface area contributed by atoms with Crippen molar-refractivity contribution >= 4 is 21.9 Å². The molecule has 0 saturated heterocycles. The van der Waals surface area contributed by atoms with Gasteiger partial charge < -0.3 is 14.4 Å². The van der Waals surface area contributed by atoms with Gasteiger partial charge in [0.25, 0.3) is 0 Å². The van der Waals surface area contributed by atoms with E-state index in [-0.39, 0.29) is 92.1 Å². The van der Waals surface area contributed by atoms with Crippen LogP contribution in [0.25, 0.3) is 55.6 Å². The smallest absolute Gasteiger partial charge is 0.123 e. The van der Waals surface area contributed by atoms with Crippen LogP contribution in [-0.2, 0) is 25.5 Å². The summed E-state index contributed by atoms with van der Waals surface area (Å²) >= 11 is 0. The Bertz CT molecular complexity index is 2980. The molecule has 55 heavy (non-hydrogen) atoms. The van der Waals surface area contributed by atoms with Gasteiger partial charge in [0.2, 0.25) is 0 Å². The second-order valence-electron chi connectivity index (χ2n) is 15.9. The van der Waals surface area contributed by atoms with Gasteiger partial charge in [-0.1, -0.05) is 100 Å². The van der Waals surface area contributed by atoms with Crippen LogP contribution in [0.3, 0.4) is 0 Å². The molecule has 8 rings (SSSR count). The minimum Gasteiger partial charge on any atom is -0.500 e. The van der Waals surface area contributed by atoms with Crippen molar-refractivity contribution in [3.8, 4) is 33.6 Å². The molecule has 4 heteroatoms. The summed E-state index contributed by atoms with van der Waals surface area (Å²) in [5.74, 6) is -0.983. The van der Waals surface area contributed by atoms with Crippen molar-refractivity contribution in [1.82, 2.24) is 9.97 Å². The van der Waals surface area contributed by atoms with E-state index >= 15 is 0 Å². The maximum absolute atomic E-state index is 9.26. The van der Waals surface area contributed by atoms with Crippen LogP contribution in [0.5, 0.6) is 0 Å². The number of furan rings is 1. The first kappa shape index (κ1) is 24.3. The Morgan fingerprint density at radius 1 is 0.727 bits per heavy atom. The van der Waals surface area contributed by atoms with Crippen LogP contribution in [0.2, 0.25) is 0 Å². The van der Waals surface area contributed by atoms with Crippen LogP contribution in [0.1, 0.15) is 127 Å². The van der Waals surface area contributed by atoms with Gasteiger partial charge in [-0.3, -0.25) is 0 Å². The van der Waals surface area contributed by atoms with Crippen molar-refractivity contribution in [2.75, 3.05) is 0 Å². The zero-order valence-electron chi connectivity index (χ0n) is 47.6. The standard InChI is InChI=1S/C35H36NO.C16H18N.Ir/c1-21-16-23(3)33-31(17-21)28-8-7-9-29(34(28)37-33)32-19-30(24(4)20-36-32)27-11-10-26(18-22(27)2)25-12-14-35(5,6)15-13-25;1-12-5-7-13(8-6-12)15-10-9-14(11-17-15)16(2,3)4;/h7-8,10-11,16-20,25H,12-15H2,1-6H3;5-7,9-11H,1-4H3;/q2*-1;/i1D3,2D3,3D3,4D3,25D;1D3;. The molecule has 1 aliphatic rings. The summed E-state index contributed by atoms with van der Waals surface area (Å²) in [6.07, 6.45) is 5.78. The fourth-order valence-corrected chi connectivity index (χ4v) is 6.95. The fraction of sp³-hybridized carbons (Fsp3) is 0.333. The summed E-state index contributed by atoms with van der Waals surface area (Å²) in [7, 11) is 0. The van der Waals surface area contributed by atoms with Crippen LogP contribution in [0, 0.1) is 51.8 Å². The molecule has 4 aromatic carbocycles. The Labute approximate surface area is 364 Å². The van der Waals surface area contributed by atoms with Crippen LogP contribution >= 0.6 is 0 Å². The average Bonchev–Trinajstić information content (AvgIpc) is 3.64. The van der Waals surface area contributed by atoms with Gasteiger partial charge >= 0.3 is 0 Å². The minimum absolute atomic E-state index is 0. The molecule has 1 radical (unpaired) electrons. The predicted molar refractivity (Wildman–Crippen MR) is 227 cm³/mol. The number of fused-ring (bicyclic) bond motifs is 3. The molecular weight excluding hydrogens is 849 g/mol.